The smallest absolute Gasteiger partial charge is 0.239 e. The number of amides is 2. The zero-order valence-electron chi connectivity index (χ0n) is 13.6. The molecular weight excluding hydrogens is 353 g/mol. The van der Waals surface area contributed by atoms with E-state index in [1.165, 1.54) is 0 Å². The summed E-state index contributed by atoms with van der Waals surface area (Å²) >= 11 is 5.86. The summed E-state index contributed by atoms with van der Waals surface area (Å²) in [7, 11) is 1.64. The minimum absolute atomic E-state index is 0. The minimum Gasteiger partial charge on any atom is -0.383 e. The van der Waals surface area contributed by atoms with Crippen molar-refractivity contribution >= 4 is 41.5 Å². The van der Waals surface area contributed by atoms with Crippen molar-refractivity contribution in [3.63, 3.8) is 0 Å². The van der Waals surface area contributed by atoms with Crippen molar-refractivity contribution < 1.29 is 14.3 Å². The number of benzene rings is 1. The molecule has 8 heteroatoms. The number of carbonyl (C=O) groups is 2. The first kappa shape index (κ1) is 20.7. The van der Waals surface area contributed by atoms with Crippen LogP contribution < -0.4 is 15.5 Å². The van der Waals surface area contributed by atoms with Crippen LogP contribution in [-0.4, -0.2) is 51.7 Å². The predicted octanol–water partition coefficient (Wildman–Crippen LogP) is 1.47. The van der Waals surface area contributed by atoms with E-state index >= 15 is 0 Å². The van der Waals surface area contributed by atoms with Gasteiger partial charge in [0, 0.05) is 44.0 Å². The minimum atomic E-state index is -0.607. The fourth-order valence-electron chi connectivity index (χ4n) is 2.50. The van der Waals surface area contributed by atoms with E-state index in [4.69, 9.17) is 16.3 Å². The highest BCUT2D eigenvalue weighted by molar-refractivity contribution is 6.30. The number of halogens is 2. The Hall–Kier alpha value is -1.34. The number of methoxy groups -OCH3 is 1. The van der Waals surface area contributed by atoms with E-state index in [1.54, 1.807) is 36.3 Å². The summed E-state index contributed by atoms with van der Waals surface area (Å²) in [6, 6.07) is 7.06. The van der Waals surface area contributed by atoms with Crippen molar-refractivity contribution in [2.24, 2.45) is 5.92 Å². The second-order valence-electron chi connectivity index (χ2n) is 5.34. The normalized spacial score (nSPS) is 16.8. The molecule has 2 amide bonds. The molecule has 1 saturated heterocycles. The number of rotatable bonds is 8. The van der Waals surface area contributed by atoms with Gasteiger partial charge in [0.2, 0.25) is 11.8 Å². The lowest BCUT2D eigenvalue weighted by Crippen LogP contribution is -2.39. The molecular formula is C16H23Cl2N3O3. The molecule has 0 bridgehead atoms. The van der Waals surface area contributed by atoms with Gasteiger partial charge in [-0.1, -0.05) is 11.6 Å². The van der Waals surface area contributed by atoms with E-state index in [0.29, 0.717) is 37.7 Å². The van der Waals surface area contributed by atoms with Gasteiger partial charge < -0.3 is 20.3 Å². The van der Waals surface area contributed by atoms with Gasteiger partial charge in [-0.3, -0.25) is 9.59 Å². The average molecular weight is 376 g/mol. The third-order valence-electron chi connectivity index (χ3n) is 3.74. The van der Waals surface area contributed by atoms with Crippen molar-refractivity contribution in [1.82, 2.24) is 10.6 Å². The van der Waals surface area contributed by atoms with Crippen molar-refractivity contribution in [3.8, 4) is 0 Å². The van der Waals surface area contributed by atoms with Crippen molar-refractivity contribution in [2.75, 3.05) is 44.8 Å². The van der Waals surface area contributed by atoms with E-state index in [1.807, 2.05) is 0 Å². The fraction of sp³-hybridized carbons (Fsp3) is 0.500. The maximum Gasteiger partial charge on any atom is 0.239 e. The van der Waals surface area contributed by atoms with Crippen molar-refractivity contribution in [3.05, 3.63) is 29.3 Å². The molecule has 6 nitrogen and oxygen atoms in total. The van der Waals surface area contributed by atoms with Crippen LogP contribution in [-0.2, 0) is 14.3 Å². The molecule has 24 heavy (non-hydrogen) atoms. The zero-order valence-corrected chi connectivity index (χ0v) is 15.2. The summed E-state index contributed by atoms with van der Waals surface area (Å²) in [5.74, 6) is -0.971. The van der Waals surface area contributed by atoms with Gasteiger partial charge in [0.15, 0.2) is 0 Å². The zero-order chi connectivity index (χ0) is 16.7. The number of hydrogen-bond acceptors (Lipinski definition) is 4. The summed E-state index contributed by atoms with van der Waals surface area (Å²) in [5, 5.41) is 6.56. The predicted molar refractivity (Wildman–Crippen MR) is 96.9 cm³/mol. The van der Waals surface area contributed by atoms with Crippen LogP contribution in [0.5, 0.6) is 0 Å². The molecule has 1 aromatic carbocycles. The lowest BCUT2D eigenvalue weighted by molar-refractivity contribution is -0.132. The van der Waals surface area contributed by atoms with Crippen molar-refractivity contribution in [1.29, 1.82) is 0 Å². The first-order valence-electron chi connectivity index (χ1n) is 7.68. The van der Waals surface area contributed by atoms with Crippen LogP contribution in [0.3, 0.4) is 0 Å². The van der Waals surface area contributed by atoms with Gasteiger partial charge in [-0.15, -0.1) is 12.4 Å². The van der Waals surface area contributed by atoms with Crippen LogP contribution >= 0.6 is 24.0 Å². The number of anilines is 1. The van der Waals surface area contributed by atoms with Crippen LogP contribution in [0, 0.1) is 5.92 Å². The van der Waals surface area contributed by atoms with Crippen molar-refractivity contribution in [2.45, 2.75) is 6.42 Å². The van der Waals surface area contributed by atoms with E-state index in [9.17, 15) is 9.59 Å². The molecule has 1 aliphatic heterocycles. The third-order valence-corrected chi connectivity index (χ3v) is 4.00. The van der Waals surface area contributed by atoms with Gasteiger partial charge in [-0.05, 0) is 30.7 Å². The summed E-state index contributed by atoms with van der Waals surface area (Å²) in [6.45, 7) is 3.05. The Morgan fingerprint density at radius 1 is 1.29 bits per heavy atom. The molecule has 0 aliphatic carbocycles. The molecule has 0 spiro atoms. The van der Waals surface area contributed by atoms with Gasteiger partial charge in [-0.25, -0.2) is 0 Å². The Labute approximate surface area is 153 Å². The van der Waals surface area contributed by atoms with Gasteiger partial charge in [0.05, 0.1) is 6.61 Å². The molecule has 2 rings (SSSR count). The Morgan fingerprint density at radius 3 is 2.67 bits per heavy atom. The second-order valence-corrected chi connectivity index (χ2v) is 5.78. The second kappa shape index (κ2) is 10.5. The topological polar surface area (TPSA) is 70.7 Å². The molecule has 0 saturated carbocycles. The average Bonchev–Trinajstić information content (AvgIpc) is 2.93. The first-order chi connectivity index (χ1) is 11.1. The highest BCUT2D eigenvalue weighted by Gasteiger charge is 2.37. The van der Waals surface area contributed by atoms with E-state index in [0.717, 1.165) is 12.2 Å². The first-order valence-corrected chi connectivity index (χ1v) is 8.05. The Kier molecular flexibility index (Phi) is 9.07. The van der Waals surface area contributed by atoms with Gasteiger partial charge in [-0.2, -0.15) is 0 Å². The number of nitrogens with zero attached hydrogens (tertiary/aromatic N) is 1. The summed E-state index contributed by atoms with van der Waals surface area (Å²) in [4.78, 5) is 26.2. The molecule has 0 radical (unpaired) electrons. The van der Waals surface area contributed by atoms with E-state index in [-0.39, 0.29) is 24.2 Å². The molecule has 2 N–H and O–H groups in total. The lowest BCUT2D eigenvalue weighted by atomic mass is 10.1. The molecule has 1 heterocycles. The molecule has 1 aromatic rings. The third kappa shape index (κ3) is 5.63. The van der Waals surface area contributed by atoms with Crippen LogP contribution in [0.2, 0.25) is 5.02 Å². The van der Waals surface area contributed by atoms with Crippen LogP contribution in [0.4, 0.5) is 5.69 Å². The van der Waals surface area contributed by atoms with Gasteiger partial charge in [0.25, 0.3) is 0 Å². The number of nitrogens with one attached hydrogen (secondary N) is 2. The van der Waals surface area contributed by atoms with Crippen LogP contribution in [0.1, 0.15) is 6.42 Å². The lowest BCUT2D eigenvalue weighted by Gasteiger charge is -2.17. The summed E-state index contributed by atoms with van der Waals surface area (Å²) in [5.41, 5.74) is 0.774. The number of hydrogen-bond donors (Lipinski definition) is 2. The van der Waals surface area contributed by atoms with Gasteiger partial charge >= 0.3 is 0 Å². The SMILES string of the molecule is COCCNCCNC(=O)C1CCN(c2ccc(Cl)cc2)C1=O.Cl. The molecule has 1 unspecified atom stereocenters. The van der Waals surface area contributed by atoms with E-state index < -0.39 is 5.92 Å². The number of carbonyl (C=O) groups excluding carboxylic acids is 2. The standard InChI is InChI=1S/C16H22ClN3O3.ClH/c1-23-11-9-18-7-8-19-15(21)14-6-10-20(16(14)22)13-4-2-12(17)3-5-13;/h2-5,14,18H,6-11H2,1H3,(H,19,21);1H. The highest BCUT2D eigenvalue weighted by atomic mass is 35.5. The largest absolute Gasteiger partial charge is 0.383 e. The molecule has 0 aromatic heterocycles. The Balaban J connectivity index is 0.00000288. The monoisotopic (exact) mass is 375 g/mol. The maximum atomic E-state index is 12.4. The quantitative estimate of drug-likeness (QED) is 0.533. The molecule has 1 atom stereocenters. The maximum absolute atomic E-state index is 12.4. The van der Waals surface area contributed by atoms with E-state index in [2.05, 4.69) is 10.6 Å². The Morgan fingerprint density at radius 2 is 2.00 bits per heavy atom. The van der Waals surface area contributed by atoms with Crippen LogP contribution in [0.15, 0.2) is 24.3 Å². The highest BCUT2D eigenvalue weighted by Crippen LogP contribution is 2.26. The molecule has 134 valence electrons. The summed E-state index contributed by atoms with van der Waals surface area (Å²) < 4.78 is 4.92. The Bertz CT molecular complexity index is 540. The van der Waals surface area contributed by atoms with Gasteiger partial charge in [0.1, 0.15) is 5.92 Å². The fourth-order valence-corrected chi connectivity index (χ4v) is 2.62. The molecule has 1 fully saturated rings. The number of ether oxygens (including phenoxy) is 1. The molecule has 1 aliphatic rings. The van der Waals surface area contributed by atoms with Crippen LogP contribution in [0.25, 0.3) is 0 Å². The summed E-state index contributed by atoms with van der Waals surface area (Å²) in [6.07, 6.45) is 0.532.